The van der Waals surface area contributed by atoms with E-state index in [1.54, 1.807) is 11.1 Å². The monoisotopic (exact) mass is 320 g/mol. The van der Waals surface area contributed by atoms with Crippen molar-refractivity contribution >= 4 is 11.8 Å². The number of nitrogens with zero attached hydrogens (tertiary/aromatic N) is 4. The summed E-state index contributed by atoms with van der Waals surface area (Å²) in [5, 5.41) is 0. The maximum absolute atomic E-state index is 12.7. The molecule has 1 aromatic heterocycles. The lowest BCUT2D eigenvalue weighted by atomic mass is 10.1. The third-order valence-electron chi connectivity index (χ3n) is 4.67. The highest BCUT2D eigenvalue weighted by Gasteiger charge is 2.36. The molecule has 1 atom stereocenters. The topological polar surface area (TPSA) is 67.7 Å². The lowest BCUT2D eigenvalue weighted by Crippen LogP contribution is -2.51. The van der Waals surface area contributed by atoms with Crippen LogP contribution in [0, 0.1) is 6.92 Å². The van der Waals surface area contributed by atoms with Crippen LogP contribution in [0.15, 0.2) is 12.4 Å². The molecule has 0 saturated carbocycles. The van der Waals surface area contributed by atoms with Crippen LogP contribution in [-0.2, 0) is 20.9 Å². The molecule has 126 valence electrons. The second-order valence-corrected chi connectivity index (χ2v) is 6.10. The number of hydrogen-bond acceptors (Lipinski definition) is 4. The van der Waals surface area contributed by atoms with E-state index in [0.29, 0.717) is 45.8 Å². The van der Waals surface area contributed by atoms with Gasteiger partial charge in [0.15, 0.2) is 0 Å². The zero-order chi connectivity index (χ0) is 16.2. The average molecular weight is 320 g/mol. The highest BCUT2D eigenvalue weighted by molar-refractivity contribution is 5.88. The number of imidazole rings is 1. The largest absolute Gasteiger partial charge is 0.378 e. The highest BCUT2D eigenvalue weighted by Crippen LogP contribution is 2.21. The van der Waals surface area contributed by atoms with Gasteiger partial charge < -0.3 is 19.1 Å². The second kappa shape index (κ2) is 7.12. The molecule has 7 heteroatoms. The van der Waals surface area contributed by atoms with Gasteiger partial charge in [-0.25, -0.2) is 4.98 Å². The fourth-order valence-electron chi connectivity index (χ4n) is 3.32. The van der Waals surface area contributed by atoms with Crippen LogP contribution in [0.5, 0.6) is 0 Å². The Hall–Kier alpha value is -1.89. The summed E-state index contributed by atoms with van der Waals surface area (Å²) >= 11 is 0. The van der Waals surface area contributed by atoms with Gasteiger partial charge in [0, 0.05) is 45.0 Å². The predicted octanol–water partition coefficient (Wildman–Crippen LogP) is 0.431. The summed E-state index contributed by atoms with van der Waals surface area (Å²) in [6.45, 7) is 5.66. The Morgan fingerprint density at radius 1 is 1.30 bits per heavy atom. The molecule has 2 aliphatic rings. The number of aromatic nitrogens is 2. The molecular weight excluding hydrogens is 296 g/mol. The molecule has 0 aliphatic carbocycles. The van der Waals surface area contributed by atoms with Crippen LogP contribution in [0.1, 0.15) is 25.1 Å². The molecule has 3 heterocycles. The summed E-state index contributed by atoms with van der Waals surface area (Å²) in [5.74, 6) is 1.04. The summed E-state index contributed by atoms with van der Waals surface area (Å²) in [6.07, 6.45) is 5.69. The number of ether oxygens (including phenoxy) is 1. The summed E-state index contributed by atoms with van der Waals surface area (Å²) in [7, 11) is 0. The zero-order valence-corrected chi connectivity index (χ0v) is 13.6. The first-order valence-corrected chi connectivity index (χ1v) is 8.30. The van der Waals surface area contributed by atoms with Gasteiger partial charge in [-0.3, -0.25) is 9.59 Å². The van der Waals surface area contributed by atoms with E-state index in [4.69, 9.17) is 4.74 Å². The second-order valence-electron chi connectivity index (χ2n) is 6.10. The van der Waals surface area contributed by atoms with Crippen molar-refractivity contribution in [1.82, 2.24) is 19.4 Å². The Balaban J connectivity index is 1.58. The molecule has 0 bridgehead atoms. The molecule has 0 N–H and O–H groups in total. The number of rotatable bonds is 4. The lowest BCUT2D eigenvalue weighted by molar-refractivity contribution is -0.146. The van der Waals surface area contributed by atoms with Crippen LogP contribution < -0.4 is 0 Å². The van der Waals surface area contributed by atoms with Gasteiger partial charge >= 0.3 is 0 Å². The molecule has 7 nitrogen and oxygen atoms in total. The molecule has 0 spiro atoms. The molecular formula is C16H24N4O3. The van der Waals surface area contributed by atoms with E-state index in [2.05, 4.69) is 4.98 Å². The van der Waals surface area contributed by atoms with E-state index >= 15 is 0 Å². The van der Waals surface area contributed by atoms with E-state index in [9.17, 15) is 9.59 Å². The van der Waals surface area contributed by atoms with Crippen LogP contribution in [-0.4, -0.2) is 70.1 Å². The number of carbonyl (C=O) groups excluding carboxylic acids is 2. The molecule has 23 heavy (non-hydrogen) atoms. The lowest BCUT2D eigenvalue weighted by Gasteiger charge is -2.32. The van der Waals surface area contributed by atoms with Gasteiger partial charge in [0.25, 0.3) is 0 Å². The van der Waals surface area contributed by atoms with E-state index in [1.165, 1.54) is 0 Å². The SMILES string of the molecule is Cc1nccn1CCC(=O)N1CCC[C@H]1C(=O)N1CCOCC1. The third-order valence-corrected chi connectivity index (χ3v) is 4.67. The third kappa shape index (κ3) is 3.55. The summed E-state index contributed by atoms with van der Waals surface area (Å²) in [5.41, 5.74) is 0. The summed E-state index contributed by atoms with van der Waals surface area (Å²) < 4.78 is 7.26. The van der Waals surface area contributed by atoms with E-state index in [-0.39, 0.29) is 17.9 Å². The molecule has 3 rings (SSSR count). The van der Waals surface area contributed by atoms with Gasteiger partial charge in [-0.2, -0.15) is 0 Å². The van der Waals surface area contributed by atoms with Crippen molar-refractivity contribution in [2.45, 2.75) is 38.8 Å². The number of hydrogen-bond donors (Lipinski definition) is 0. The Kier molecular flexibility index (Phi) is 4.95. The van der Waals surface area contributed by atoms with Crippen molar-refractivity contribution in [3.05, 3.63) is 18.2 Å². The van der Waals surface area contributed by atoms with Crippen molar-refractivity contribution in [2.75, 3.05) is 32.8 Å². The normalized spacial score (nSPS) is 21.7. The van der Waals surface area contributed by atoms with E-state index < -0.39 is 0 Å². The fraction of sp³-hybridized carbons (Fsp3) is 0.688. The van der Waals surface area contributed by atoms with Crippen LogP contribution in [0.25, 0.3) is 0 Å². The van der Waals surface area contributed by atoms with E-state index in [0.717, 1.165) is 18.7 Å². The van der Waals surface area contributed by atoms with Crippen LogP contribution >= 0.6 is 0 Å². The molecule has 0 radical (unpaired) electrons. The van der Waals surface area contributed by atoms with Crippen molar-refractivity contribution in [3.63, 3.8) is 0 Å². The minimum atomic E-state index is -0.288. The minimum Gasteiger partial charge on any atom is -0.378 e. The molecule has 2 aliphatic heterocycles. The maximum Gasteiger partial charge on any atom is 0.245 e. The quantitative estimate of drug-likeness (QED) is 0.807. The van der Waals surface area contributed by atoms with Crippen molar-refractivity contribution in [2.24, 2.45) is 0 Å². The van der Waals surface area contributed by atoms with Gasteiger partial charge in [-0.05, 0) is 19.8 Å². The van der Waals surface area contributed by atoms with E-state index in [1.807, 2.05) is 22.6 Å². The van der Waals surface area contributed by atoms with Crippen molar-refractivity contribution < 1.29 is 14.3 Å². The molecule has 1 aromatic rings. The van der Waals surface area contributed by atoms with Gasteiger partial charge in [-0.15, -0.1) is 0 Å². The predicted molar refractivity (Wildman–Crippen MR) is 83.7 cm³/mol. The summed E-state index contributed by atoms with van der Waals surface area (Å²) in [4.78, 5) is 33.0. The van der Waals surface area contributed by atoms with Crippen LogP contribution in [0.2, 0.25) is 0 Å². The highest BCUT2D eigenvalue weighted by atomic mass is 16.5. The van der Waals surface area contributed by atoms with Gasteiger partial charge in [0.1, 0.15) is 11.9 Å². The van der Waals surface area contributed by atoms with Crippen molar-refractivity contribution in [1.29, 1.82) is 0 Å². The Morgan fingerprint density at radius 3 is 2.78 bits per heavy atom. The Bertz CT molecular complexity index is 565. The van der Waals surface area contributed by atoms with Gasteiger partial charge in [0.05, 0.1) is 13.2 Å². The smallest absolute Gasteiger partial charge is 0.245 e. The number of aryl methyl sites for hydroxylation is 2. The minimum absolute atomic E-state index is 0.0576. The summed E-state index contributed by atoms with van der Waals surface area (Å²) in [6, 6.07) is -0.288. The first kappa shape index (κ1) is 16.0. The average Bonchev–Trinajstić information content (AvgIpc) is 3.22. The number of carbonyl (C=O) groups is 2. The molecule has 2 fully saturated rings. The maximum atomic E-state index is 12.7. The molecule has 0 aromatic carbocycles. The first-order chi connectivity index (χ1) is 11.2. The van der Waals surface area contributed by atoms with Gasteiger partial charge in [0.2, 0.25) is 11.8 Å². The Labute approximate surface area is 136 Å². The van der Waals surface area contributed by atoms with Gasteiger partial charge in [-0.1, -0.05) is 0 Å². The number of morpholine rings is 1. The molecule has 0 unspecified atom stereocenters. The standard InChI is InChI=1S/C16H24N4O3/c1-13-17-5-8-18(13)7-4-15(21)20-6-2-3-14(20)16(22)19-9-11-23-12-10-19/h5,8,14H,2-4,6-7,9-12H2,1H3/t14-/m0/s1. The molecule has 2 amide bonds. The van der Waals surface area contributed by atoms with Crippen LogP contribution in [0.4, 0.5) is 0 Å². The fourth-order valence-corrected chi connectivity index (χ4v) is 3.32. The number of amides is 2. The Morgan fingerprint density at radius 2 is 2.09 bits per heavy atom. The van der Waals surface area contributed by atoms with Crippen LogP contribution in [0.3, 0.4) is 0 Å². The first-order valence-electron chi connectivity index (χ1n) is 8.30. The van der Waals surface area contributed by atoms with Crippen molar-refractivity contribution in [3.8, 4) is 0 Å². The molecule has 2 saturated heterocycles. The zero-order valence-electron chi connectivity index (χ0n) is 13.6. The number of likely N-dealkylation sites (tertiary alicyclic amines) is 1.